The quantitative estimate of drug-likeness (QED) is 0.383. The first-order chi connectivity index (χ1) is 12.3. The van der Waals surface area contributed by atoms with Crippen LogP contribution in [-0.2, 0) is 6.42 Å². The number of rotatable bonds is 6. The summed E-state index contributed by atoms with van der Waals surface area (Å²) >= 11 is 6.55. The Hall–Kier alpha value is -2.00. The van der Waals surface area contributed by atoms with Gasteiger partial charge in [0.1, 0.15) is 0 Å². The second-order valence-corrected chi connectivity index (χ2v) is 9.09. The lowest BCUT2D eigenvalue weighted by Gasteiger charge is -1.89. The molecule has 0 fully saturated rings. The number of aromatic nitrogens is 2. The topological polar surface area (TPSA) is 50.5 Å². The van der Waals surface area contributed by atoms with Gasteiger partial charge < -0.3 is 0 Å². The van der Waals surface area contributed by atoms with Gasteiger partial charge in [-0.15, -0.1) is 22.7 Å². The lowest BCUT2D eigenvalue weighted by molar-refractivity contribution is 1.23. The van der Waals surface area contributed by atoms with E-state index in [0.717, 1.165) is 26.4 Å². The highest BCUT2D eigenvalue weighted by Crippen LogP contribution is 2.28. The van der Waals surface area contributed by atoms with Crippen molar-refractivity contribution in [1.29, 1.82) is 0 Å². The zero-order valence-corrected chi connectivity index (χ0v) is 16.2. The van der Waals surface area contributed by atoms with Crippen molar-refractivity contribution in [2.24, 2.45) is 9.98 Å². The summed E-state index contributed by atoms with van der Waals surface area (Å²) in [5.74, 6) is 0. The molecule has 0 radical (unpaired) electrons. The SMILES string of the molecule is C(=N\c1ncc(Cc2cnc(/N=C/c3cccs3)s2)s1)/c1cccs1. The second kappa shape index (κ2) is 7.92. The highest BCUT2D eigenvalue weighted by atomic mass is 32.1. The molecule has 0 aliphatic rings. The van der Waals surface area contributed by atoms with Crippen molar-refractivity contribution < 1.29 is 0 Å². The summed E-state index contributed by atoms with van der Waals surface area (Å²) in [5, 5.41) is 5.64. The Morgan fingerprint density at radius 1 is 0.800 bits per heavy atom. The fourth-order valence-corrected chi connectivity index (χ4v) is 4.83. The largest absolute Gasteiger partial charge is 0.227 e. The number of nitrogens with zero attached hydrogens (tertiary/aromatic N) is 4. The van der Waals surface area contributed by atoms with Crippen LogP contribution in [0.2, 0.25) is 0 Å². The van der Waals surface area contributed by atoms with Gasteiger partial charge in [0.05, 0.1) is 0 Å². The minimum Gasteiger partial charge on any atom is -0.227 e. The van der Waals surface area contributed by atoms with Crippen LogP contribution in [0.25, 0.3) is 0 Å². The molecule has 4 aromatic heterocycles. The fourth-order valence-electron chi connectivity index (χ4n) is 2.02. The van der Waals surface area contributed by atoms with Gasteiger partial charge in [-0.25, -0.2) is 20.0 Å². The highest BCUT2D eigenvalue weighted by Gasteiger charge is 2.06. The van der Waals surface area contributed by atoms with E-state index in [9.17, 15) is 0 Å². The summed E-state index contributed by atoms with van der Waals surface area (Å²) < 4.78 is 0. The van der Waals surface area contributed by atoms with Crippen LogP contribution >= 0.6 is 45.3 Å². The lowest BCUT2D eigenvalue weighted by atomic mass is 10.3. The molecule has 124 valence electrons. The molecular formula is C17H12N4S4. The molecule has 4 aromatic rings. The zero-order chi connectivity index (χ0) is 16.9. The van der Waals surface area contributed by atoms with E-state index in [4.69, 9.17) is 0 Å². The van der Waals surface area contributed by atoms with Gasteiger partial charge >= 0.3 is 0 Å². The average molecular weight is 401 g/mol. The van der Waals surface area contributed by atoms with Crippen LogP contribution in [0.4, 0.5) is 10.3 Å². The van der Waals surface area contributed by atoms with E-state index in [2.05, 4.69) is 20.0 Å². The number of aliphatic imine (C=N–C) groups is 2. The highest BCUT2D eigenvalue weighted by molar-refractivity contribution is 7.17. The summed E-state index contributed by atoms with van der Waals surface area (Å²) in [4.78, 5) is 22.2. The first-order valence-electron chi connectivity index (χ1n) is 7.40. The fraction of sp³-hybridized carbons (Fsp3) is 0.0588. The van der Waals surface area contributed by atoms with Crippen molar-refractivity contribution in [2.45, 2.75) is 6.42 Å². The van der Waals surface area contributed by atoms with Crippen LogP contribution < -0.4 is 0 Å². The standard InChI is InChI=1S/C17H12N4S4/c1-3-12(22-5-1)8-18-16-20-10-14(24-16)7-15-11-21-17(25-15)19-9-13-4-2-6-23-13/h1-6,8-11H,7H2/b18-8+,19-9+. The third-order valence-corrected chi connectivity index (χ3v) is 6.55. The number of thiophene rings is 2. The van der Waals surface area contributed by atoms with Crippen molar-refractivity contribution in [1.82, 2.24) is 9.97 Å². The first-order valence-corrected chi connectivity index (χ1v) is 10.8. The summed E-state index contributed by atoms with van der Waals surface area (Å²) in [5.41, 5.74) is 0. The first kappa shape index (κ1) is 16.5. The Morgan fingerprint density at radius 3 is 1.76 bits per heavy atom. The van der Waals surface area contributed by atoms with E-state index in [1.54, 1.807) is 45.3 Å². The van der Waals surface area contributed by atoms with Gasteiger partial charge in [0.15, 0.2) is 0 Å². The molecule has 0 amide bonds. The summed E-state index contributed by atoms with van der Waals surface area (Å²) in [6.07, 6.45) is 8.31. The summed E-state index contributed by atoms with van der Waals surface area (Å²) in [6.45, 7) is 0. The molecule has 0 saturated heterocycles. The molecule has 0 spiro atoms. The molecule has 8 heteroatoms. The molecule has 4 heterocycles. The minimum atomic E-state index is 0.781. The lowest BCUT2D eigenvalue weighted by Crippen LogP contribution is -1.77. The third-order valence-electron chi connectivity index (χ3n) is 3.12. The van der Waals surface area contributed by atoms with Gasteiger partial charge in [-0.1, -0.05) is 34.8 Å². The smallest absolute Gasteiger partial charge is 0.209 e. The van der Waals surface area contributed by atoms with Crippen molar-refractivity contribution in [3.63, 3.8) is 0 Å². The Morgan fingerprint density at radius 2 is 1.32 bits per heavy atom. The van der Waals surface area contributed by atoms with E-state index in [1.807, 2.05) is 59.8 Å². The second-order valence-electron chi connectivity index (χ2n) is 4.94. The molecule has 0 aliphatic heterocycles. The maximum Gasteiger partial charge on any atom is 0.209 e. The predicted octanol–water partition coefficient (Wildman–Crippen LogP) is 5.81. The van der Waals surface area contributed by atoms with Crippen LogP contribution in [0.15, 0.2) is 57.4 Å². The number of hydrogen-bond acceptors (Lipinski definition) is 8. The predicted molar refractivity (Wildman–Crippen MR) is 110 cm³/mol. The Bertz CT molecular complexity index is 897. The molecule has 4 rings (SSSR count). The minimum absolute atomic E-state index is 0.781. The normalized spacial score (nSPS) is 11.8. The van der Waals surface area contributed by atoms with Crippen molar-refractivity contribution in [3.05, 3.63) is 66.9 Å². The Labute approximate surface area is 160 Å². The average Bonchev–Trinajstić information content (AvgIpc) is 3.39. The molecule has 0 aliphatic carbocycles. The third kappa shape index (κ3) is 4.55. The Kier molecular flexibility index (Phi) is 5.22. The molecule has 0 saturated carbocycles. The van der Waals surface area contributed by atoms with E-state index in [-0.39, 0.29) is 0 Å². The monoisotopic (exact) mass is 400 g/mol. The van der Waals surface area contributed by atoms with Crippen LogP contribution in [0, 0.1) is 0 Å². The van der Waals surface area contributed by atoms with Crippen molar-refractivity contribution >= 4 is 68.0 Å². The molecule has 4 nitrogen and oxygen atoms in total. The van der Waals surface area contributed by atoms with Gasteiger partial charge in [-0.3, -0.25) is 0 Å². The van der Waals surface area contributed by atoms with Gasteiger partial charge in [0.25, 0.3) is 0 Å². The molecule has 0 aromatic carbocycles. The summed E-state index contributed by atoms with van der Waals surface area (Å²) in [6, 6.07) is 8.11. The van der Waals surface area contributed by atoms with E-state index in [0.29, 0.717) is 0 Å². The molecule has 0 N–H and O–H groups in total. The summed E-state index contributed by atoms with van der Waals surface area (Å²) in [7, 11) is 0. The van der Waals surface area contributed by atoms with Crippen LogP contribution in [0.3, 0.4) is 0 Å². The number of thiazole rings is 2. The van der Waals surface area contributed by atoms with E-state index >= 15 is 0 Å². The Balaban J connectivity index is 1.39. The molecule has 0 unspecified atom stereocenters. The number of hydrogen-bond donors (Lipinski definition) is 0. The molecule has 0 bridgehead atoms. The molecule has 0 atom stereocenters. The maximum absolute atomic E-state index is 4.43. The van der Waals surface area contributed by atoms with Crippen LogP contribution in [0.5, 0.6) is 0 Å². The van der Waals surface area contributed by atoms with Crippen molar-refractivity contribution in [2.75, 3.05) is 0 Å². The van der Waals surface area contributed by atoms with Crippen molar-refractivity contribution in [3.8, 4) is 0 Å². The van der Waals surface area contributed by atoms with Crippen LogP contribution in [-0.4, -0.2) is 22.4 Å². The van der Waals surface area contributed by atoms with E-state index < -0.39 is 0 Å². The zero-order valence-electron chi connectivity index (χ0n) is 12.9. The van der Waals surface area contributed by atoms with E-state index in [1.165, 1.54) is 9.75 Å². The van der Waals surface area contributed by atoms with Crippen LogP contribution in [0.1, 0.15) is 19.5 Å². The van der Waals surface area contributed by atoms with Gasteiger partial charge in [-0.2, -0.15) is 0 Å². The molecular weight excluding hydrogens is 388 g/mol. The van der Waals surface area contributed by atoms with Gasteiger partial charge in [0.2, 0.25) is 10.3 Å². The molecule has 25 heavy (non-hydrogen) atoms. The maximum atomic E-state index is 4.43. The van der Waals surface area contributed by atoms with Gasteiger partial charge in [0, 0.05) is 50.8 Å². The van der Waals surface area contributed by atoms with Gasteiger partial charge in [-0.05, 0) is 22.9 Å².